The number of carboxylic acid groups (broad SMARTS) is 1. The number of carboxylic acids is 1. The van der Waals surface area contributed by atoms with Crippen molar-refractivity contribution < 1.29 is 14.4 Å². The molecule has 0 fully saturated rings. The van der Waals surface area contributed by atoms with Crippen molar-refractivity contribution in [3.8, 4) is 0 Å². The smallest absolute Gasteiger partial charge is 0.358 e. The molecule has 0 bridgehead atoms. The lowest BCUT2D eigenvalue weighted by molar-refractivity contribution is 0.0685. The van der Waals surface area contributed by atoms with Crippen molar-refractivity contribution in [2.75, 3.05) is 27.2 Å². The van der Waals surface area contributed by atoms with Crippen LogP contribution in [-0.2, 0) is 6.54 Å². The second kappa shape index (κ2) is 5.47. The van der Waals surface area contributed by atoms with Crippen LogP contribution in [0.3, 0.4) is 0 Å². The molecule has 15 heavy (non-hydrogen) atoms. The summed E-state index contributed by atoms with van der Waals surface area (Å²) in [4.78, 5) is 12.5. The number of nitrogens with one attached hydrogen (secondary N) is 1. The molecule has 0 aliphatic carbocycles. The fraction of sp³-hybridized carbons (Fsp3) is 0.556. The quantitative estimate of drug-likeness (QED) is 0.693. The Hall–Kier alpha value is -1.40. The largest absolute Gasteiger partial charge is 0.476 e. The number of aromatic carboxylic acids is 1. The maximum Gasteiger partial charge on any atom is 0.358 e. The molecule has 0 radical (unpaired) electrons. The summed E-state index contributed by atoms with van der Waals surface area (Å²) in [5.74, 6) is -0.506. The molecule has 6 nitrogen and oxygen atoms in total. The fourth-order valence-electron chi connectivity index (χ4n) is 1.14. The molecule has 0 amide bonds. The third-order valence-corrected chi connectivity index (χ3v) is 1.95. The number of rotatable bonds is 6. The van der Waals surface area contributed by atoms with E-state index in [0.29, 0.717) is 12.3 Å². The molecular formula is C9H15N3O3. The van der Waals surface area contributed by atoms with Crippen molar-refractivity contribution in [2.45, 2.75) is 6.54 Å². The van der Waals surface area contributed by atoms with Crippen LogP contribution in [0.2, 0.25) is 0 Å². The normalized spacial score (nSPS) is 10.9. The number of hydrogen-bond acceptors (Lipinski definition) is 5. The lowest BCUT2D eigenvalue weighted by Crippen LogP contribution is -2.26. The predicted molar refractivity (Wildman–Crippen MR) is 53.7 cm³/mol. The van der Waals surface area contributed by atoms with E-state index in [-0.39, 0.29) is 5.69 Å². The topological polar surface area (TPSA) is 78.6 Å². The zero-order valence-electron chi connectivity index (χ0n) is 8.86. The van der Waals surface area contributed by atoms with Crippen molar-refractivity contribution in [2.24, 2.45) is 0 Å². The van der Waals surface area contributed by atoms with Gasteiger partial charge in [-0.25, -0.2) is 4.79 Å². The number of hydrogen-bond donors (Lipinski definition) is 2. The minimum atomic E-state index is -1.07. The number of likely N-dealkylation sites (N-methyl/N-ethyl adjacent to an activating group) is 2. The van der Waals surface area contributed by atoms with E-state index in [1.807, 2.05) is 19.0 Å². The first-order chi connectivity index (χ1) is 7.13. The van der Waals surface area contributed by atoms with E-state index >= 15 is 0 Å². The maximum absolute atomic E-state index is 10.5. The van der Waals surface area contributed by atoms with E-state index in [0.717, 1.165) is 13.1 Å². The van der Waals surface area contributed by atoms with Crippen LogP contribution in [0.5, 0.6) is 0 Å². The van der Waals surface area contributed by atoms with Gasteiger partial charge in [0.05, 0.1) is 6.54 Å². The van der Waals surface area contributed by atoms with Crippen LogP contribution >= 0.6 is 0 Å². The third-order valence-electron chi connectivity index (χ3n) is 1.95. The molecule has 0 atom stereocenters. The monoisotopic (exact) mass is 213 g/mol. The summed E-state index contributed by atoms with van der Waals surface area (Å²) < 4.78 is 4.88. The molecule has 1 rings (SSSR count). The number of nitrogens with zero attached hydrogens (tertiary/aromatic N) is 2. The summed E-state index contributed by atoms with van der Waals surface area (Å²) in [6.45, 7) is 2.29. The van der Waals surface area contributed by atoms with Crippen molar-refractivity contribution in [3.63, 3.8) is 0 Å². The van der Waals surface area contributed by atoms with Crippen molar-refractivity contribution in [1.82, 2.24) is 15.4 Å². The van der Waals surface area contributed by atoms with Gasteiger partial charge < -0.3 is 14.9 Å². The first kappa shape index (κ1) is 11.7. The predicted octanol–water partition coefficient (Wildman–Crippen LogP) is 0.0240. The van der Waals surface area contributed by atoms with Crippen molar-refractivity contribution >= 4 is 5.97 Å². The Labute approximate surface area is 87.9 Å². The molecule has 0 spiro atoms. The molecule has 0 unspecified atom stereocenters. The first-order valence-electron chi connectivity index (χ1n) is 4.65. The minimum Gasteiger partial charge on any atom is -0.476 e. The van der Waals surface area contributed by atoms with Crippen LogP contribution in [0.25, 0.3) is 0 Å². The Morgan fingerprint density at radius 1 is 1.73 bits per heavy atom. The van der Waals surface area contributed by atoms with Gasteiger partial charge in [0, 0.05) is 19.2 Å². The average Bonchev–Trinajstić information content (AvgIpc) is 2.63. The Morgan fingerprint density at radius 2 is 2.47 bits per heavy atom. The van der Waals surface area contributed by atoms with Gasteiger partial charge in [-0.2, -0.15) is 0 Å². The molecule has 0 aliphatic rings. The van der Waals surface area contributed by atoms with Crippen LogP contribution in [0.1, 0.15) is 16.2 Å². The Bertz CT molecular complexity index is 324. The number of aromatic nitrogens is 1. The molecule has 6 heteroatoms. The molecule has 0 saturated heterocycles. The first-order valence-corrected chi connectivity index (χ1v) is 4.65. The van der Waals surface area contributed by atoms with Crippen LogP contribution < -0.4 is 5.32 Å². The fourth-order valence-corrected chi connectivity index (χ4v) is 1.14. The van der Waals surface area contributed by atoms with Gasteiger partial charge in [-0.05, 0) is 14.1 Å². The third kappa shape index (κ3) is 3.69. The Balaban J connectivity index is 2.46. The lowest BCUT2D eigenvalue weighted by atomic mass is 10.3. The second-order valence-corrected chi connectivity index (χ2v) is 3.32. The van der Waals surface area contributed by atoms with Crippen LogP contribution in [-0.4, -0.2) is 48.3 Å². The van der Waals surface area contributed by atoms with Gasteiger partial charge in [0.25, 0.3) is 0 Å². The van der Waals surface area contributed by atoms with Gasteiger partial charge in [0.2, 0.25) is 0 Å². The molecule has 1 heterocycles. The molecule has 2 N–H and O–H groups in total. The molecule has 0 saturated carbocycles. The van der Waals surface area contributed by atoms with Crippen molar-refractivity contribution in [3.05, 3.63) is 17.5 Å². The Morgan fingerprint density at radius 3 is 3.00 bits per heavy atom. The maximum atomic E-state index is 10.5. The standard InChI is InChI=1S/C9H15N3O3/c1-10-3-4-12(2)6-7-5-8(9(13)14)11-15-7/h5,10H,3-4,6H2,1-2H3,(H,13,14). The van der Waals surface area contributed by atoms with E-state index in [4.69, 9.17) is 9.63 Å². The van der Waals surface area contributed by atoms with Crippen LogP contribution in [0, 0.1) is 0 Å². The highest BCUT2D eigenvalue weighted by molar-refractivity contribution is 5.85. The van der Waals surface area contributed by atoms with Gasteiger partial charge in [-0.1, -0.05) is 5.16 Å². The zero-order chi connectivity index (χ0) is 11.3. The highest BCUT2D eigenvalue weighted by atomic mass is 16.5. The van der Waals surface area contributed by atoms with E-state index < -0.39 is 5.97 Å². The highest BCUT2D eigenvalue weighted by Gasteiger charge is 2.11. The molecule has 84 valence electrons. The molecule has 0 aliphatic heterocycles. The summed E-state index contributed by atoms with van der Waals surface area (Å²) >= 11 is 0. The van der Waals surface area contributed by atoms with Crippen LogP contribution in [0.15, 0.2) is 10.6 Å². The van der Waals surface area contributed by atoms with Crippen molar-refractivity contribution in [1.29, 1.82) is 0 Å². The van der Waals surface area contributed by atoms with Gasteiger partial charge in [-0.3, -0.25) is 4.90 Å². The summed E-state index contributed by atoms with van der Waals surface area (Å²) in [7, 11) is 3.81. The molecular weight excluding hydrogens is 198 g/mol. The van der Waals surface area contributed by atoms with E-state index in [2.05, 4.69) is 10.5 Å². The average molecular weight is 213 g/mol. The summed E-state index contributed by atoms with van der Waals surface area (Å²) in [5.41, 5.74) is -0.0491. The van der Waals surface area contributed by atoms with E-state index in [9.17, 15) is 4.79 Å². The molecule has 1 aromatic rings. The highest BCUT2D eigenvalue weighted by Crippen LogP contribution is 2.05. The summed E-state index contributed by atoms with van der Waals surface area (Å²) in [6.07, 6.45) is 0. The second-order valence-electron chi connectivity index (χ2n) is 3.32. The summed E-state index contributed by atoms with van der Waals surface area (Å²) in [6, 6.07) is 1.44. The van der Waals surface area contributed by atoms with Gasteiger partial charge in [-0.15, -0.1) is 0 Å². The van der Waals surface area contributed by atoms with Crippen LogP contribution in [0.4, 0.5) is 0 Å². The summed E-state index contributed by atoms with van der Waals surface area (Å²) in [5, 5.41) is 15.1. The van der Waals surface area contributed by atoms with Gasteiger partial charge in [0.15, 0.2) is 11.5 Å². The minimum absolute atomic E-state index is 0.0491. The zero-order valence-corrected chi connectivity index (χ0v) is 8.86. The molecule has 0 aromatic carbocycles. The lowest BCUT2D eigenvalue weighted by Gasteiger charge is -2.13. The van der Waals surface area contributed by atoms with Gasteiger partial charge in [0.1, 0.15) is 0 Å². The number of carbonyl (C=O) groups is 1. The van der Waals surface area contributed by atoms with E-state index in [1.54, 1.807) is 0 Å². The van der Waals surface area contributed by atoms with E-state index in [1.165, 1.54) is 6.07 Å². The SMILES string of the molecule is CNCCN(C)Cc1cc(C(=O)O)no1. The Kier molecular flexibility index (Phi) is 4.26. The molecule has 1 aromatic heterocycles. The van der Waals surface area contributed by atoms with Gasteiger partial charge >= 0.3 is 5.97 Å².